The molecule has 2 N–H and O–H groups in total. The first kappa shape index (κ1) is 14.5. The molecule has 0 amide bonds. The predicted molar refractivity (Wildman–Crippen MR) is 80.8 cm³/mol. The van der Waals surface area contributed by atoms with Gasteiger partial charge in [-0.1, -0.05) is 0 Å². The van der Waals surface area contributed by atoms with Crippen LogP contribution in [0.1, 0.15) is 19.5 Å². The Labute approximate surface area is 127 Å². The van der Waals surface area contributed by atoms with Crippen LogP contribution in [0, 0.1) is 17.1 Å². The normalized spacial score (nSPS) is 21.8. The van der Waals surface area contributed by atoms with Gasteiger partial charge >= 0.3 is 0 Å². The molecule has 3 rings (SSSR count). The maximum atomic E-state index is 14.4. The highest BCUT2D eigenvalue weighted by molar-refractivity contribution is 5.81. The highest BCUT2D eigenvalue weighted by Gasteiger charge is 2.25. The van der Waals surface area contributed by atoms with Crippen molar-refractivity contribution in [2.24, 2.45) is 0 Å². The van der Waals surface area contributed by atoms with Crippen LogP contribution in [-0.2, 0) is 4.74 Å². The minimum absolute atomic E-state index is 0.00765. The number of hydrogen-bond donors (Lipinski definition) is 1. The molecule has 7 heteroatoms. The lowest BCUT2D eigenvalue weighted by molar-refractivity contribution is -0.00538. The van der Waals surface area contributed by atoms with Gasteiger partial charge in [0.1, 0.15) is 11.9 Å². The molecule has 22 heavy (non-hydrogen) atoms. The van der Waals surface area contributed by atoms with Crippen molar-refractivity contribution in [3.05, 3.63) is 23.6 Å². The van der Waals surface area contributed by atoms with Crippen LogP contribution in [0.4, 0.5) is 15.9 Å². The second-order valence-electron chi connectivity index (χ2n) is 5.52. The van der Waals surface area contributed by atoms with Crippen molar-refractivity contribution in [2.45, 2.75) is 26.1 Å². The van der Waals surface area contributed by atoms with E-state index in [4.69, 9.17) is 15.7 Å². The number of anilines is 2. The van der Waals surface area contributed by atoms with E-state index in [9.17, 15) is 4.39 Å². The molecule has 6 nitrogen and oxygen atoms in total. The molecule has 0 spiro atoms. The molecule has 1 aromatic carbocycles. The van der Waals surface area contributed by atoms with Crippen LogP contribution < -0.4 is 10.6 Å². The Kier molecular flexibility index (Phi) is 3.54. The number of nitrogens with two attached hydrogens (primary N) is 1. The number of ether oxygens (including phenoxy) is 1. The molecule has 1 aliphatic rings. The third kappa shape index (κ3) is 2.53. The van der Waals surface area contributed by atoms with Gasteiger partial charge in [0, 0.05) is 19.2 Å². The van der Waals surface area contributed by atoms with Crippen molar-refractivity contribution in [1.29, 1.82) is 5.26 Å². The molecule has 0 unspecified atom stereocenters. The summed E-state index contributed by atoms with van der Waals surface area (Å²) in [5.74, 6) is -0.340. The third-order valence-corrected chi connectivity index (χ3v) is 3.63. The Morgan fingerprint density at radius 2 is 1.91 bits per heavy atom. The summed E-state index contributed by atoms with van der Waals surface area (Å²) in [7, 11) is 0. The highest BCUT2D eigenvalue weighted by Crippen LogP contribution is 2.27. The topological polar surface area (TPSA) is 88.1 Å². The molecule has 0 saturated carbocycles. The molecule has 2 aromatic rings. The van der Waals surface area contributed by atoms with Gasteiger partial charge in [-0.05, 0) is 19.9 Å². The second-order valence-corrected chi connectivity index (χ2v) is 5.52. The Hall–Kier alpha value is -2.46. The van der Waals surface area contributed by atoms with E-state index in [0.29, 0.717) is 29.8 Å². The van der Waals surface area contributed by atoms with Crippen LogP contribution in [0.3, 0.4) is 0 Å². The minimum atomic E-state index is -0.392. The number of benzene rings is 1. The lowest BCUT2D eigenvalue weighted by Gasteiger charge is -2.37. The van der Waals surface area contributed by atoms with Crippen molar-refractivity contribution < 1.29 is 9.13 Å². The number of hydrogen-bond acceptors (Lipinski definition) is 6. The zero-order chi connectivity index (χ0) is 15.9. The van der Waals surface area contributed by atoms with Crippen LogP contribution in [0.25, 0.3) is 11.0 Å². The van der Waals surface area contributed by atoms with Gasteiger partial charge in [0.2, 0.25) is 0 Å². The largest absolute Gasteiger partial charge is 0.381 e. The molecule has 1 aliphatic heterocycles. The lowest BCUT2D eigenvalue weighted by atomic mass is 10.1. The van der Waals surface area contributed by atoms with Gasteiger partial charge in [-0.3, -0.25) is 0 Å². The Morgan fingerprint density at radius 3 is 2.55 bits per heavy atom. The Bertz CT molecular complexity index is 763. The summed E-state index contributed by atoms with van der Waals surface area (Å²) < 4.78 is 20.1. The fourth-order valence-corrected chi connectivity index (χ4v) is 2.78. The average molecular weight is 301 g/mol. The van der Waals surface area contributed by atoms with Crippen LogP contribution in [-0.4, -0.2) is 35.3 Å². The summed E-state index contributed by atoms with van der Waals surface area (Å²) in [5, 5.41) is 8.92. The van der Waals surface area contributed by atoms with Crippen LogP contribution in [0.5, 0.6) is 0 Å². The fraction of sp³-hybridized carbons (Fsp3) is 0.400. The molecule has 2 heterocycles. The summed E-state index contributed by atoms with van der Waals surface area (Å²) in [6, 6.07) is 4.77. The van der Waals surface area contributed by atoms with Crippen LogP contribution in [0.15, 0.2) is 12.1 Å². The summed E-state index contributed by atoms with van der Waals surface area (Å²) in [6.45, 7) is 5.12. The number of morpholine rings is 1. The van der Waals surface area contributed by atoms with E-state index in [1.54, 1.807) is 6.07 Å². The van der Waals surface area contributed by atoms with Crippen LogP contribution >= 0.6 is 0 Å². The number of rotatable bonds is 1. The van der Waals surface area contributed by atoms with Crippen LogP contribution in [0.2, 0.25) is 0 Å². The predicted octanol–water partition coefficient (Wildman–Crippen LogP) is 1.84. The number of nitriles is 1. The fourth-order valence-electron chi connectivity index (χ4n) is 2.78. The highest BCUT2D eigenvalue weighted by atomic mass is 19.1. The molecule has 1 aromatic heterocycles. The first-order valence-electron chi connectivity index (χ1n) is 7.05. The smallest absolute Gasteiger partial charge is 0.183 e. The summed E-state index contributed by atoms with van der Waals surface area (Å²) in [4.78, 5) is 10.1. The van der Waals surface area contributed by atoms with Gasteiger partial charge in [0.25, 0.3) is 0 Å². The lowest BCUT2D eigenvalue weighted by Crippen LogP contribution is -2.45. The standard InChI is InChI=1S/C15H16FN5O/c1-8-6-21(7-9(2)22-8)14-4-12-11(3-10(14)16)19-13(5-17)15(18)20-12/h3-4,8-9H,6-7H2,1-2H3,(H2,18,20)/t8-,9-/m0/s1. The maximum Gasteiger partial charge on any atom is 0.183 e. The average Bonchev–Trinajstić information content (AvgIpc) is 2.45. The maximum absolute atomic E-state index is 14.4. The van der Waals surface area contributed by atoms with Gasteiger partial charge in [-0.15, -0.1) is 0 Å². The zero-order valence-corrected chi connectivity index (χ0v) is 12.4. The van der Waals surface area contributed by atoms with Crippen molar-refractivity contribution in [1.82, 2.24) is 9.97 Å². The third-order valence-electron chi connectivity index (χ3n) is 3.63. The molecule has 1 fully saturated rings. The van der Waals surface area contributed by atoms with E-state index in [1.807, 2.05) is 24.8 Å². The molecule has 2 atom stereocenters. The van der Waals surface area contributed by atoms with Gasteiger partial charge in [-0.2, -0.15) is 5.26 Å². The van der Waals surface area contributed by atoms with Crippen molar-refractivity contribution in [2.75, 3.05) is 23.7 Å². The monoisotopic (exact) mass is 301 g/mol. The molecule has 0 bridgehead atoms. The first-order chi connectivity index (χ1) is 10.5. The van der Waals surface area contributed by atoms with Gasteiger partial charge in [-0.25, -0.2) is 14.4 Å². The van der Waals surface area contributed by atoms with Gasteiger partial charge < -0.3 is 15.4 Å². The molecule has 114 valence electrons. The van der Waals surface area contributed by atoms with E-state index in [1.165, 1.54) is 6.07 Å². The summed E-state index contributed by atoms with van der Waals surface area (Å²) >= 11 is 0. The van der Waals surface area contributed by atoms with Gasteiger partial charge in [0.15, 0.2) is 11.5 Å². The molecular weight excluding hydrogens is 285 g/mol. The molecule has 0 aliphatic carbocycles. The van der Waals surface area contributed by atoms with Crippen molar-refractivity contribution in [3.8, 4) is 6.07 Å². The number of halogens is 1. The van der Waals surface area contributed by atoms with E-state index in [-0.39, 0.29) is 23.7 Å². The number of aromatic nitrogens is 2. The SMILES string of the molecule is C[C@H]1CN(c2cc3nc(N)c(C#N)nc3cc2F)C[C@H](C)O1. The molecule has 1 saturated heterocycles. The molecular formula is C15H16FN5O. The minimum Gasteiger partial charge on any atom is -0.381 e. The first-order valence-corrected chi connectivity index (χ1v) is 7.05. The van der Waals surface area contributed by atoms with Gasteiger partial charge in [0.05, 0.1) is 28.9 Å². The Balaban J connectivity index is 2.07. The quantitative estimate of drug-likeness (QED) is 0.864. The summed E-state index contributed by atoms with van der Waals surface area (Å²) in [5.41, 5.74) is 6.94. The number of fused-ring (bicyclic) bond motifs is 1. The number of nitrogens with zero attached hydrogens (tertiary/aromatic N) is 4. The molecule has 0 radical (unpaired) electrons. The van der Waals surface area contributed by atoms with E-state index >= 15 is 0 Å². The zero-order valence-electron chi connectivity index (χ0n) is 12.4. The van der Waals surface area contributed by atoms with Crippen molar-refractivity contribution in [3.63, 3.8) is 0 Å². The number of nitrogen functional groups attached to an aromatic ring is 1. The van der Waals surface area contributed by atoms with Crippen molar-refractivity contribution >= 4 is 22.5 Å². The second kappa shape index (κ2) is 5.39. The van der Waals surface area contributed by atoms with E-state index < -0.39 is 5.82 Å². The Morgan fingerprint density at radius 1 is 1.27 bits per heavy atom. The summed E-state index contributed by atoms with van der Waals surface area (Å²) in [6.07, 6.45) is 0.0481. The van der Waals surface area contributed by atoms with E-state index in [0.717, 1.165) is 0 Å². The van der Waals surface area contributed by atoms with E-state index in [2.05, 4.69) is 9.97 Å².